The van der Waals surface area contributed by atoms with Crippen LogP contribution in [0.15, 0.2) is 340 Å². The SMILES string of the molecule is CC(C)N1[CH-]N(c2[c-]cccc2)c2ncccc21.CC(C)N1c2ccc(Oc3ccccc3)nc2N2c3ccccc3CC21.CN1[CH-]N(c2[c-]cc(C#N)cc2)c2ccccc21.Cc1cccc(C)c1-c1ccc2c(n1)N1c3ccccc3CC1N2C(C)C.[Ir].[Ir].[c-]1ccccc1N1[CH-]N(c2ccccc2)c2nccnc21.[c-]1ccccc1N1[CH-]N(c2ccccc2)c2nccnc21. The summed E-state index contributed by atoms with van der Waals surface area (Å²) in [4.78, 5) is 58.7. The summed E-state index contributed by atoms with van der Waals surface area (Å²) in [7, 11) is 2.02. The fourth-order valence-corrected chi connectivity index (χ4v) is 17.9. The first-order valence-corrected chi connectivity index (χ1v) is 44.1. The number of hydrogen-bond donors (Lipinski definition) is 0. The summed E-state index contributed by atoms with van der Waals surface area (Å²) >= 11 is 0. The standard InChI is InChI=1S/C24H25N3.C22H21N3O.2C17H12N4.C15H15N3.C15H11N3.2Ir/c1-15(2)26-21-13-12-19(23-16(3)8-7-9-17(23)4)25-24(21)27-20-11-6-5-10-18(20)14-22(26)27;1-15(2)24-19-12-13-20(26-17-9-4-3-5-10-17)23-22(19)25-18-11-7-6-8-16(18)14-21(24)25;2*1-3-7-14(8-4-1)20-13-21(15-9-5-2-6-10-15)17-16(20)18-11-12-19-17;1-12(2)17-11-18(13-7-4-3-5-8-13)15-14(17)9-6-10-16-15;1-17-11-18(15-5-3-2-4-14(15)17)13-8-6-12(10-16)7-9-13;;/h5-13,15,22H,14H2,1-4H3;3-13,15,21H,14H2,1-2H3;2*1-9,11-13H;3-7,9-12H,1-2H3;2-8,11H,1H3;;/q;;4*-2;;. The molecule has 5 aromatic heterocycles. The Kier molecular flexibility index (Phi) is 27.3. The number of ether oxygens (including phenoxy) is 1. The van der Waals surface area contributed by atoms with E-state index >= 15 is 0 Å². The Labute approximate surface area is 806 Å². The van der Waals surface area contributed by atoms with Crippen LogP contribution in [-0.4, -0.2) is 72.4 Å². The van der Waals surface area contributed by atoms with Gasteiger partial charge in [-0.1, -0.05) is 127 Å². The summed E-state index contributed by atoms with van der Waals surface area (Å²) in [5, 5.41) is 8.79. The molecular weight excluding hydrogens is 2000 g/mol. The van der Waals surface area contributed by atoms with Crippen LogP contribution in [0.2, 0.25) is 0 Å². The molecule has 11 aromatic carbocycles. The first-order valence-electron chi connectivity index (χ1n) is 44.1. The van der Waals surface area contributed by atoms with Crippen molar-refractivity contribution in [3.63, 3.8) is 0 Å². The van der Waals surface area contributed by atoms with Gasteiger partial charge in [-0.15, -0.1) is 48.8 Å². The minimum Gasteiger partial charge on any atom is -0.504 e. The second-order valence-electron chi connectivity index (χ2n) is 33.1. The van der Waals surface area contributed by atoms with E-state index in [1.165, 1.54) is 50.6 Å². The summed E-state index contributed by atoms with van der Waals surface area (Å²) in [5.41, 5.74) is 22.7. The Morgan fingerprint density at radius 2 is 0.797 bits per heavy atom. The van der Waals surface area contributed by atoms with Crippen LogP contribution in [0.25, 0.3) is 11.3 Å². The van der Waals surface area contributed by atoms with Gasteiger partial charge in [-0.05, 0) is 182 Å². The van der Waals surface area contributed by atoms with Crippen molar-refractivity contribution in [3.05, 3.63) is 419 Å². The van der Waals surface area contributed by atoms with E-state index in [0.29, 0.717) is 41.9 Å². The fourth-order valence-electron chi connectivity index (χ4n) is 17.9. The molecule has 2 atom stereocenters. The van der Waals surface area contributed by atoms with Gasteiger partial charge in [0.15, 0.2) is 11.6 Å². The molecule has 8 aliphatic rings. The molecule has 21 nitrogen and oxygen atoms in total. The third-order valence-corrected chi connectivity index (χ3v) is 23.7. The van der Waals surface area contributed by atoms with Gasteiger partial charge in [0.1, 0.15) is 47.2 Å². The maximum Gasteiger partial charge on any atom is 0.221 e. The van der Waals surface area contributed by atoms with Crippen LogP contribution in [0, 0.1) is 76.1 Å². The van der Waals surface area contributed by atoms with E-state index in [2.05, 4.69) is 260 Å². The molecule has 133 heavy (non-hydrogen) atoms. The molecule has 0 spiro atoms. The van der Waals surface area contributed by atoms with E-state index < -0.39 is 0 Å². The third-order valence-electron chi connectivity index (χ3n) is 23.7. The molecule has 0 fully saturated rings. The molecule has 13 heterocycles. The van der Waals surface area contributed by atoms with Gasteiger partial charge >= 0.3 is 0 Å². The predicted octanol–water partition coefficient (Wildman–Crippen LogP) is 24.5. The average Bonchev–Trinajstić information content (AvgIpc) is 1.57. The van der Waals surface area contributed by atoms with E-state index in [4.69, 9.17) is 20.0 Å². The molecule has 0 bridgehead atoms. The van der Waals surface area contributed by atoms with Crippen LogP contribution >= 0.6 is 0 Å². The number of fused-ring (bicyclic) bond motifs is 14. The zero-order valence-corrected chi connectivity index (χ0v) is 79.8. The summed E-state index contributed by atoms with van der Waals surface area (Å²) in [6.07, 6.45) is 11.3. The number of anilines is 20. The molecule has 0 saturated heterocycles. The quantitative estimate of drug-likeness (QED) is 0.106. The van der Waals surface area contributed by atoms with Crippen molar-refractivity contribution < 1.29 is 44.9 Å². The van der Waals surface area contributed by atoms with Crippen molar-refractivity contribution in [2.75, 3.05) is 65.8 Å². The van der Waals surface area contributed by atoms with Crippen LogP contribution in [0.3, 0.4) is 0 Å². The summed E-state index contributed by atoms with van der Waals surface area (Å²) < 4.78 is 5.98. The van der Waals surface area contributed by atoms with Crippen LogP contribution in [0.1, 0.15) is 69.4 Å². The molecule has 24 rings (SSSR count). The molecule has 16 aromatic rings. The van der Waals surface area contributed by atoms with Crippen molar-refractivity contribution in [2.45, 2.75) is 98.7 Å². The minimum absolute atomic E-state index is 0. The van der Waals surface area contributed by atoms with Gasteiger partial charge in [0.25, 0.3) is 0 Å². The van der Waals surface area contributed by atoms with E-state index in [-0.39, 0.29) is 40.2 Å². The Morgan fingerprint density at radius 3 is 1.28 bits per heavy atom. The Bertz CT molecular complexity index is 6430. The number of nitrogens with zero attached hydrogens (tertiary/aromatic N) is 20. The van der Waals surface area contributed by atoms with Crippen LogP contribution < -0.4 is 63.5 Å². The smallest absolute Gasteiger partial charge is 0.221 e. The van der Waals surface area contributed by atoms with Gasteiger partial charge in [-0.3, -0.25) is 0 Å². The molecule has 2 radical (unpaired) electrons. The van der Waals surface area contributed by atoms with E-state index in [9.17, 15) is 0 Å². The van der Waals surface area contributed by atoms with Crippen LogP contribution in [0.5, 0.6) is 11.6 Å². The number of rotatable bonds is 12. The van der Waals surface area contributed by atoms with Crippen molar-refractivity contribution in [1.29, 1.82) is 5.26 Å². The maximum atomic E-state index is 8.79. The van der Waals surface area contributed by atoms with Gasteiger partial charge in [-0.25, -0.2) is 35.2 Å². The second-order valence-corrected chi connectivity index (χ2v) is 33.1. The molecular formula is C110H96Ir2N20O-8. The second kappa shape index (κ2) is 40.3. The summed E-state index contributed by atoms with van der Waals surface area (Å²) in [6, 6.07) is 120. The van der Waals surface area contributed by atoms with Crippen LogP contribution in [-0.2, 0) is 53.1 Å². The number of aromatic nitrogens is 7. The van der Waals surface area contributed by atoms with Crippen molar-refractivity contribution >= 4 is 115 Å². The normalized spacial score (nSPS) is 14.8. The van der Waals surface area contributed by atoms with Gasteiger partial charge < -0.3 is 63.5 Å². The van der Waals surface area contributed by atoms with Gasteiger partial charge in [0.05, 0.1) is 17.1 Å². The Balaban J connectivity index is 0.000000112. The van der Waals surface area contributed by atoms with E-state index in [0.717, 1.165) is 116 Å². The Morgan fingerprint density at radius 1 is 0.361 bits per heavy atom. The average molecular weight is 2100 g/mol. The molecule has 0 saturated carbocycles. The molecule has 8 aliphatic heterocycles. The monoisotopic (exact) mass is 2100 g/mol. The first-order chi connectivity index (χ1) is 64.2. The van der Waals surface area contributed by atoms with E-state index in [1.807, 2.05) is 247 Å². The topological polar surface area (TPSA) is 162 Å². The molecule has 23 heteroatoms. The fraction of sp³-hybridized carbons (Fsp3) is 0.145. The van der Waals surface area contributed by atoms with Crippen molar-refractivity contribution in [2.24, 2.45) is 0 Å². The molecule has 668 valence electrons. The first kappa shape index (κ1) is 90.2. The number of para-hydroxylation sites is 10. The minimum atomic E-state index is 0. The van der Waals surface area contributed by atoms with E-state index in [1.54, 1.807) is 36.9 Å². The molecule has 0 aliphatic carbocycles. The molecule has 2 unspecified atom stereocenters. The largest absolute Gasteiger partial charge is 0.504 e. The Hall–Kier alpha value is -14.8. The number of benzene rings is 11. The molecule has 0 N–H and O–H groups in total. The zero-order chi connectivity index (χ0) is 89.6. The number of aryl methyl sites for hydroxylation is 2. The van der Waals surface area contributed by atoms with Gasteiger partial charge in [0, 0.05) is 154 Å². The zero-order valence-electron chi connectivity index (χ0n) is 75.0. The maximum absolute atomic E-state index is 8.79. The number of hydrogen-bond acceptors (Lipinski definition) is 21. The number of pyridine rings is 3. The molecule has 0 amide bonds. The third kappa shape index (κ3) is 18.3. The predicted molar refractivity (Wildman–Crippen MR) is 527 cm³/mol. The van der Waals surface area contributed by atoms with Gasteiger partial charge in [0.2, 0.25) is 5.88 Å². The van der Waals surface area contributed by atoms with Crippen molar-refractivity contribution in [1.82, 2.24) is 34.9 Å². The summed E-state index contributed by atoms with van der Waals surface area (Å²) in [5.74, 6) is 7.74. The van der Waals surface area contributed by atoms with Crippen LogP contribution in [0.4, 0.5) is 115 Å². The summed E-state index contributed by atoms with van der Waals surface area (Å²) in [6.45, 7) is 25.8. The van der Waals surface area contributed by atoms with Gasteiger partial charge in [-0.2, -0.15) is 121 Å². The number of nitriles is 1. The van der Waals surface area contributed by atoms with Crippen molar-refractivity contribution in [3.8, 4) is 29.0 Å².